The Kier molecular flexibility index (Phi) is 3.95. The number of hydrogen-bond acceptors (Lipinski definition) is 2. The summed E-state index contributed by atoms with van der Waals surface area (Å²) in [5, 5.41) is 7.12. The third-order valence-corrected chi connectivity index (χ3v) is 2.31. The van der Waals surface area contributed by atoms with Gasteiger partial charge in [-0.15, -0.1) is 0 Å². The van der Waals surface area contributed by atoms with Crippen LogP contribution < -0.4 is 4.90 Å². The second-order valence-corrected chi connectivity index (χ2v) is 3.56. The normalized spacial score (nSPS) is 13.8. The van der Waals surface area contributed by atoms with Crippen molar-refractivity contribution in [1.29, 1.82) is 0 Å². The predicted molar refractivity (Wildman–Crippen MR) is 57.2 cm³/mol. The van der Waals surface area contributed by atoms with Crippen molar-refractivity contribution in [3.05, 3.63) is 29.8 Å². The summed E-state index contributed by atoms with van der Waals surface area (Å²) in [6.07, 6.45) is -4.52. The number of alkyl halides is 3. The van der Waals surface area contributed by atoms with Crippen LogP contribution in [0.3, 0.4) is 0 Å². The highest BCUT2D eigenvalue weighted by atomic mass is 19.4. The number of rotatable bonds is 0. The van der Waals surface area contributed by atoms with Gasteiger partial charge in [0.15, 0.2) is 0 Å². The number of aliphatic carboxylic acids is 1. The zero-order valence-electron chi connectivity index (χ0n) is 9.36. The molecular weight excluding hydrogens is 251 g/mol. The molecule has 0 unspecified atom stereocenters. The third kappa shape index (κ3) is 3.22. The first kappa shape index (κ1) is 14.0. The molecule has 0 bridgehead atoms. The monoisotopic (exact) mass is 261 g/mol. The van der Waals surface area contributed by atoms with E-state index in [2.05, 4.69) is 0 Å². The topological polar surface area (TPSA) is 57.6 Å². The summed E-state index contributed by atoms with van der Waals surface area (Å²) in [7, 11) is 1.81. The molecule has 0 radical (unpaired) electrons. The molecule has 0 saturated heterocycles. The van der Waals surface area contributed by atoms with E-state index in [4.69, 9.17) is 9.90 Å². The number of nitrogens with zero attached hydrogens (tertiary/aromatic N) is 1. The van der Waals surface area contributed by atoms with Gasteiger partial charge >= 0.3 is 12.1 Å². The van der Waals surface area contributed by atoms with Crippen molar-refractivity contribution in [3.63, 3.8) is 0 Å². The number of hydrogen-bond donors (Lipinski definition) is 1. The molecule has 0 spiro atoms. The van der Waals surface area contributed by atoms with Crippen LogP contribution in [0.5, 0.6) is 0 Å². The summed E-state index contributed by atoms with van der Waals surface area (Å²) >= 11 is 0. The Hall–Kier alpha value is -2.05. The Balaban J connectivity index is 0.000000203. The van der Waals surface area contributed by atoms with E-state index in [1.807, 2.05) is 31.3 Å². The smallest absolute Gasteiger partial charge is 0.475 e. The number of amides is 1. The van der Waals surface area contributed by atoms with Gasteiger partial charge in [0.25, 0.3) is 0 Å². The summed E-state index contributed by atoms with van der Waals surface area (Å²) in [6.45, 7) is 0. The number of fused-ring (bicyclic) bond motifs is 1. The van der Waals surface area contributed by atoms with Crippen molar-refractivity contribution in [2.24, 2.45) is 0 Å². The van der Waals surface area contributed by atoms with Gasteiger partial charge in [-0.2, -0.15) is 13.2 Å². The van der Waals surface area contributed by atoms with Crippen molar-refractivity contribution < 1.29 is 27.9 Å². The second-order valence-electron chi connectivity index (χ2n) is 3.56. The highest BCUT2D eigenvalue weighted by molar-refractivity contribution is 6.00. The summed E-state index contributed by atoms with van der Waals surface area (Å²) < 4.78 is 31.7. The first-order chi connectivity index (χ1) is 8.23. The number of anilines is 1. The maximum Gasteiger partial charge on any atom is 0.490 e. The number of carboxylic acids is 1. The van der Waals surface area contributed by atoms with E-state index in [1.54, 1.807) is 4.90 Å². The summed E-state index contributed by atoms with van der Waals surface area (Å²) in [6, 6.07) is 7.89. The van der Waals surface area contributed by atoms with Crippen LogP contribution in [0.4, 0.5) is 18.9 Å². The second kappa shape index (κ2) is 5.07. The highest BCUT2D eigenvalue weighted by Crippen LogP contribution is 2.26. The Morgan fingerprint density at radius 2 is 1.83 bits per heavy atom. The first-order valence-electron chi connectivity index (χ1n) is 4.88. The average Bonchev–Trinajstić information content (AvgIpc) is 2.55. The Morgan fingerprint density at radius 1 is 1.33 bits per heavy atom. The average molecular weight is 261 g/mol. The van der Waals surface area contributed by atoms with Crippen LogP contribution in [0.25, 0.3) is 0 Å². The third-order valence-electron chi connectivity index (χ3n) is 2.31. The van der Waals surface area contributed by atoms with Gasteiger partial charge in [-0.25, -0.2) is 4.79 Å². The van der Waals surface area contributed by atoms with Gasteiger partial charge in [0.1, 0.15) is 0 Å². The molecule has 0 saturated carbocycles. The molecule has 1 N–H and O–H groups in total. The molecule has 7 heteroatoms. The number of carboxylic acid groups (broad SMARTS) is 1. The van der Waals surface area contributed by atoms with E-state index in [9.17, 15) is 18.0 Å². The van der Waals surface area contributed by atoms with Crippen LogP contribution in [-0.4, -0.2) is 30.2 Å². The van der Waals surface area contributed by atoms with Crippen molar-refractivity contribution in [2.45, 2.75) is 12.6 Å². The number of carbonyl (C=O) groups excluding carboxylic acids is 1. The molecule has 1 aromatic carbocycles. The quantitative estimate of drug-likeness (QED) is 0.775. The number of benzene rings is 1. The summed E-state index contributed by atoms with van der Waals surface area (Å²) in [5.41, 5.74) is 2.19. The van der Waals surface area contributed by atoms with E-state index in [0.29, 0.717) is 6.42 Å². The van der Waals surface area contributed by atoms with Crippen LogP contribution in [0.1, 0.15) is 5.56 Å². The zero-order chi connectivity index (χ0) is 13.9. The van der Waals surface area contributed by atoms with Crippen LogP contribution in [0, 0.1) is 0 Å². The largest absolute Gasteiger partial charge is 0.490 e. The van der Waals surface area contributed by atoms with E-state index >= 15 is 0 Å². The minimum atomic E-state index is -5.08. The Bertz CT molecular complexity index is 471. The number of likely N-dealkylation sites (N-methyl/N-ethyl adjacent to an activating group) is 1. The SMILES string of the molecule is CN1C(=O)Cc2ccccc21.O=C(O)C(F)(F)F. The molecule has 98 valence electrons. The number of carbonyl (C=O) groups is 2. The van der Waals surface area contributed by atoms with Crippen molar-refractivity contribution >= 4 is 17.6 Å². The minimum absolute atomic E-state index is 0.186. The maximum atomic E-state index is 11.2. The van der Waals surface area contributed by atoms with Crippen LogP contribution in [0.15, 0.2) is 24.3 Å². The molecule has 1 heterocycles. The lowest BCUT2D eigenvalue weighted by Crippen LogP contribution is -2.21. The number of halogens is 3. The highest BCUT2D eigenvalue weighted by Gasteiger charge is 2.38. The number of para-hydroxylation sites is 1. The molecule has 1 aromatic rings. The zero-order valence-corrected chi connectivity index (χ0v) is 9.36. The minimum Gasteiger partial charge on any atom is -0.475 e. The summed E-state index contributed by atoms with van der Waals surface area (Å²) in [5.74, 6) is -2.57. The molecule has 18 heavy (non-hydrogen) atoms. The molecule has 2 rings (SSSR count). The van der Waals surface area contributed by atoms with E-state index in [-0.39, 0.29) is 5.91 Å². The molecule has 1 aliphatic rings. The van der Waals surface area contributed by atoms with Gasteiger partial charge in [0.2, 0.25) is 5.91 Å². The van der Waals surface area contributed by atoms with Crippen molar-refractivity contribution in [2.75, 3.05) is 11.9 Å². The fraction of sp³-hybridized carbons (Fsp3) is 0.273. The van der Waals surface area contributed by atoms with Gasteiger partial charge in [-0.05, 0) is 11.6 Å². The van der Waals surface area contributed by atoms with Crippen molar-refractivity contribution in [3.8, 4) is 0 Å². The molecule has 0 fully saturated rings. The molecule has 0 aliphatic carbocycles. The molecule has 0 atom stereocenters. The lowest BCUT2D eigenvalue weighted by atomic mass is 10.2. The molecule has 1 aliphatic heterocycles. The van der Waals surface area contributed by atoms with Crippen LogP contribution >= 0.6 is 0 Å². The van der Waals surface area contributed by atoms with Gasteiger partial charge in [0, 0.05) is 12.7 Å². The fourth-order valence-electron chi connectivity index (χ4n) is 1.40. The Morgan fingerprint density at radius 3 is 2.28 bits per heavy atom. The van der Waals surface area contributed by atoms with E-state index in [0.717, 1.165) is 11.3 Å². The molecular formula is C11H10F3NO3. The predicted octanol–water partition coefficient (Wildman–Crippen LogP) is 1.84. The maximum absolute atomic E-state index is 11.2. The fourth-order valence-corrected chi connectivity index (χ4v) is 1.40. The molecule has 0 aromatic heterocycles. The van der Waals surface area contributed by atoms with Crippen LogP contribution in [0.2, 0.25) is 0 Å². The standard InChI is InChI=1S/C9H9NO.C2HF3O2/c1-10-8-5-3-2-4-7(8)6-9(10)11;3-2(4,5)1(6)7/h2-5H,6H2,1H3;(H,6,7). The lowest BCUT2D eigenvalue weighted by molar-refractivity contribution is -0.192. The summed E-state index contributed by atoms with van der Waals surface area (Å²) in [4.78, 5) is 21.8. The van der Waals surface area contributed by atoms with E-state index in [1.165, 1.54) is 0 Å². The first-order valence-corrected chi connectivity index (χ1v) is 4.88. The Labute approximate surface area is 101 Å². The van der Waals surface area contributed by atoms with Crippen LogP contribution in [-0.2, 0) is 16.0 Å². The van der Waals surface area contributed by atoms with Gasteiger partial charge in [-0.1, -0.05) is 18.2 Å². The molecule has 1 amide bonds. The van der Waals surface area contributed by atoms with Gasteiger partial charge in [0.05, 0.1) is 6.42 Å². The van der Waals surface area contributed by atoms with E-state index < -0.39 is 12.1 Å². The van der Waals surface area contributed by atoms with Crippen molar-refractivity contribution in [1.82, 2.24) is 0 Å². The molecule has 4 nitrogen and oxygen atoms in total. The lowest BCUT2D eigenvalue weighted by Gasteiger charge is -2.08. The van der Waals surface area contributed by atoms with Gasteiger partial charge < -0.3 is 10.0 Å². The van der Waals surface area contributed by atoms with Gasteiger partial charge in [-0.3, -0.25) is 4.79 Å².